The number of piperazine rings is 1. The third-order valence-electron chi connectivity index (χ3n) is 6.54. The Bertz CT molecular complexity index is 1130. The molecule has 2 aliphatic heterocycles. The van der Waals surface area contributed by atoms with E-state index in [0.29, 0.717) is 36.7 Å². The van der Waals surface area contributed by atoms with Crippen molar-refractivity contribution in [1.29, 1.82) is 0 Å². The van der Waals surface area contributed by atoms with Crippen LogP contribution in [-0.4, -0.2) is 75.7 Å². The van der Waals surface area contributed by atoms with Gasteiger partial charge in [0.2, 0.25) is 0 Å². The molecule has 0 radical (unpaired) electrons. The molecule has 2 fully saturated rings. The second kappa shape index (κ2) is 8.97. The zero-order valence-corrected chi connectivity index (χ0v) is 19.1. The average molecular weight is 451 g/mol. The molecule has 0 aliphatic carbocycles. The van der Waals surface area contributed by atoms with Gasteiger partial charge in [0.25, 0.3) is 5.91 Å². The monoisotopic (exact) mass is 450 g/mol. The van der Waals surface area contributed by atoms with Gasteiger partial charge in [0.1, 0.15) is 23.0 Å². The van der Waals surface area contributed by atoms with Crippen molar-refractivity contribution in [2.45, 2.75) is 45.2 Å². The first-order valence-electron chi connectivity index (χ1n) is 11.7. The second-order valence-corrected chi connectivity index (χ2v) is 8.97. The van der Waals surface area contributed by atoms with Crippen molar-refractivity contribution in [1.82, 2.24) is 19.9 Å². The number of aromatic nitrogens is 3. The van der Waals surface area contributed by atoms with Gasteiger partial charge >= 0.3 is 0 Å². The molecule has 0 saturated carbocycles. The van der Waals surface area contributed by atoms with E-state index in [4.69, 9.17) is 4.42 Å². The predicted molar refractivity (Wildman–Crippen MR) is 126 cm³/mol. The summed E-state index contributed by atoms with van der Waals surface area (Å²) in [4.78, 5) is 33.2. The number of hydrogen-bond acceptors (Lipinski definition) is 8. The van der Waals surface area contributed by atoms with Gasteiger partial charge in [0, 0.05) is 63.1 Å². The zero-order chi connectivity index (χ0) is 22.9. The minimum atomic E-state index is -0.0967. The summed E-state index contributed by atoms with van der Waals surface area (Å²) >= 11 is 0. The Morgan fingerprint density at radius 2 is 1.85 bits per heavy atom. The third kappa shape index (κ3) is 4.13. The van der Waals surface area contributed by atoms with Crippen LogP contribution >= 0.6 is 0 Å². The van der Waals surface area contributed by atoms with Crippen LogP contribution in [0.25, 0.3) is 11.0 Å². The van der Waals surface area contributed by atoms with E-state index >= 15 is 0 Å². The molecular formula is C24H30N6O3. The minimum Gasteiger partial charge on any atom is -0.451 e. The Kier molecular flexibility index (Phi) is 5.88. The highest BCUT2D eigenvalue weighted by molar-refractivity contribution is 5.99. The van der Waals surface area contributed by atoms with Gasteiger partial charge in [0.05, 0.1) is 12.0 Å². The number of hydrogen-bond donors (Lipinski definition) is 1. The van der Waals surface area contributed by atoms with Crippen LogP contribution in [0.15, 0.2) is 35.0 Å². The van der Waals surface area contributed by atoms with E-state index < -0.39 is 0 Å². The Hall–Kier alpha value is -3.20. The van der Waals surface area contributed by atoms with E-state index in [0.717, 1.165) is 43.0 Å². The predicted octanol–water partition coefficient (Wildman–Crippen LogP) is 2.49. The van der Waals surface area contributed by atoms with Gasteiger partial charge in [-0.25, -0.2) is 15.0 Å². The first-order chi connectivity index (χ1) is 16.0. The van der Waals surface area contributed by atoms with Crippen molar-refractivity contribution in [3.63, 3.8) is 0 Å². The highest BCUT2D eigenvalue weighted by Crippen LogP contribution is 2.31. The van der Waals surface area contributed by atoms with Crippen molar-refractivity contribution < 1.29 is 14.3 Å². The van der Waals surface area contributed by atoms with Crippen LogP contribution in [0.3, 0.4) is 0 Å². The van der Waals surface area contributed by atoms with Crippen LogP contribution in [0.4, 0.5) is 11.6 Å². The van der Waals surface area contributed by atoms with Crippen LogP contribution < -0.4 is 9.80 Å². The molecule has 1 N–H and O–H groups in total. The van der Waals surface area contributed by atoms with Crippen LogP contribution in [0, 0.1) is 0 Å². The summed E-state index contributed by atoms with van der Waals surface area (Å²) < 4.78 is 5.99. The maximum atomic E-state index is 13.4. The Labute approximate surface area is 193 Å². The van der Waals surface area contributed by atoms with Crippen LogP contribution in [-0.2, 0) is 6.42 Å². The molecule has 2 saturated heterocycles. The number of carbonyl (C=O) groups is 1. The quantitative estimate of drug-likeness (QED) is 0.633. The summed E-state index contributed by atoms with van der Waals surface area (Å²) in [7, 11) is 0. The number of rotatable bonds is 5. The summed E-state index contributed by atoms with van der Waals surface area (Å²) in [5.74, 6) is 2.61. The van der Waals surface area contributed by atoms with Gasteiger partial charge in [-0.3, -0.25) is 4.79 Å². The van der Waals surface area contributed by atoms with E-state index in [2.05, 4.69) is 38.6 Å². The van der Waals surface area contributed by atoms with Crippen LogP contribution in [0.2, 0.25) is 0 Å². The molecule has 5 heterocycles. The maximum Gasteiger partial charge on any atom is 0.289 e. The SMILES string of the molecule is C[C@@H]1CN(C(=O)c2cc3c(N4CCCC4)nccc3o2)C[C@H](C)N1c1ccnc(CCO)n1. The number of anilines is 2. The highest BCUT2D eigenvalue weighted by atomic mass is 16.3. The molecule has 174 valence electrons. The van der Waals surface area contributed by atoms with Crippen LogP contribution in [0.5, 0.6) is 0 Å². The first kappa shape index (κ1) is 21.6. The number of furan rings is 1. The van der Waals surface area contributed by atoms with Crippen molar-refractivity contribution in [3.05, 3.63) is 42.2 Å². The Balaban J connectivity index is 1.36. The van der Waals surface area contributed by atoms with Gasteiger partial charge in [-0.15, -0.1) is 0 Å². The molecule has 9 heteroatoms. The minimum absolute atomic E-state index is 0.0172. The van der Waals surface area contributed by atoms with Gasteiger partial charge in [-0.05, 0) is 38.8 Å². The Morgan fingerprint density at radius 1 is 1.12 bits per heavy atom. The lowest BCUT2D eigenvalue weighted by Crippen LogP contribution is -2.58. The summed E-state index contributed by atoms with van der Waals surface area (Å²) in [6, 6.07) is 5.71. The molecule has 3 aromatic heterocycles. The van der Waals surface area contributed by atoms with E-state index in [-0.39, 0.29) is 24.6 Å². The largest absolute Gasteiger partial charge is 0.451 e. The fraction of sp³-hybridized carbons (Fsp3) is 0.500. The van der Waals surface area contributed by atoms with E-state index in [9.17, 15) is 9.90 Å². The lowest BCUT2D eigenvalue weighted by atomic mass is 10.1. The molecule has 3 aromatic rings. The highest BCUT2D eigenvalue weighted by Gasteiger charge is 2.34. The zero-order valence-electron chi connectivity index (χ0n) is 19.1. The van der Waals surface area contributed by atoms with Gasteiger partial charge in [0.15, 0.2) is 5.76 Å². The molecule has 0 aromatic carbocycles. The lowest BCUT2D eigenvalue weighted by molar-refractivity contribution is 0.0670. The van der Waals surface area contributed by atoms with Crippen LogP contribution in [0.1, 0.15) is 43.1 Å². The fourth-order valence-corrected chi connectivity index (χ4v) is 5.08. The van der Waals surface area contributed by atoms with Crippen molar-refractivity contribution in [3.8, 4) is 0 Å². The van der Waals surface area contributed by atoms with Gasteiger partial charge in [-0.1, -0.05) is 0 Å². The van der Waals surface area contributed by atoms with Crippen molar-refractivity contribution >= 4 is 28.5 Å². The van der Waals surface area contributed by atoms with E-state index in [1.807, 2.05) is 23.1 Å². The smallest absolute Gasteiger partial charge is 0.289 e. The molecule has 9 nitrogen and oxygen atoms in total. The number of nitrogens with zero attached hydrogens (tertiary/aromatic N) is 6. The molecule has 0 bridgehead atoms. The number of aliphatic hydroxyl groups excluding tert-OH is 1. The standard InChI is InChI=1S/C24H30N6O3/c1-16-14-29(15-17(2)30(16)22-6-9-25-21(27-22)7-12-31)24(32)20-13-18-19(33-20)5-8-26-23(18)28-10-3-4-11-28/h5-6,8-9,13,16-17,31H,3-4,7,10-12,14-15H2,1-2H3/t16-,17+. The summed E-state index contributed by atoms with van der Waals surface area (Å²) in [5.41, 5.74) is 0.701. The molecule has 0 unspecified atom stereocenters. The normalized spacial score (nSPS) is 21.2. The molecule has 0 spiro atoms. The molecule has 2 atom stereocenters. The average Bonchev–Trinajstić information content (AvgIpc) is 3.48. The summed E-state index contributed by atoms with van der Waals surface area (Å²) in [6.07, 6.45) is 6.23. The van der Waals surface area contributed by atoms with Gasteiger partial charge in [-0.2, -0.15) is 0 Å². The second-order valence-electron chi connectivity index (χ2n) is 8.97. The van der Waals surface area contributed by atoms with Crippen molar-refractivity contribution in [2.24, 2.45) is 0 Å². The number of pyridine rings is 1. The lowest BCUT2D eigenvalue weighted by Gasteiger charge is -2.44. The Morgan fingerprint density at radius 3 is 2.58 bits per heavy atom. The molecule has 2 aliphatic rings. The maximum absolute atomic E-state index is 13.4. The molecule has 1 amide bonds. The van der Waals surface area contributed by atoms with E-state index in [1.54, 1.807) is 12.4 Å². The third-order valence-corrected chi connectivity index (χ3v) is 6.54. The van der Waals surface area contributed by atoms with E-state index in [1.165, 1.54) is 0 Å². The van der Waals surface area contributed by atoms with Gasteiger partial charge < -0.3 is 24.2 Å². The number of fused-ring (bicyclic) bond motifs is 1. The molecular weight excluding hydrogens is 420 g/mol. The summed E-state index contributed by atoms with van der Waals surface area (Å²) in [5, 5.41) is 10.1. The molecule has 5 rings (SSSR count). The number of amides is 1. The number of aliphatic hydroxyl groups is 1. The fourth-order valence-electron chi connectivity index (χ4n) is 5.08. The summed E-state index contributed by atoms with van der Waals surface area (Å²) in [6.45, 7) is 7.31. The first-order valence-corrected chi connectivity index (χ1v) is 11.7. The number of carbonyl (C=O) groups excluding carboxylic acids is 1. The molecule has 33 heavy (non-hydrogen) atoms. The van der Waals surface area contributed by atoms with Crippen molar-refractivity contribution in [2.75, 3.05) is 42.6 Å². The topological polar surface area (TPSA) is 98.8 Å².